The van der Waals surface area contributed by atoms with Gasteiger partial charge in [-0.3, -0.25) is 20.4 Å². The molecule has 0 spiro atoms. The third kappa shape index (κ3) is 7.15. The summed E-state index contributed by atoms with van der Waals surface area (Å²) in [7, 11) is 2.77. The molecule has 0 heterocycles. The van der Waals surface area contributed by atoms with E-state index in [1.807, 2.05) is 6.92 Å². The van der Waals surface area contributed by atoms with E-state index in [1.54, 1.807) is 12.1 Å². The maximum atomic E-state index is 12.4. The summed E-state index contributed by atoms with van der Waals surface area (Å²) in [6.45, 7) is -0.503. The van der Waals surface area contributed by atoms with Crippen molar-refractivity contribution < 1.29 is 37.3 Å². The minimum Gasteiger partial charge on any atom is -0.493 e. The molecule has 8 nitrogen and oxygen atoms in total. The minimum absolute atomic E-state index is 0.0847. The lowest BCUT2D eigenvalue weighted by Gasteiger charge is -2.12. The van der Waals surface area contributed by atoms with E-state index in [2.05, 4.69) is 15.6 Å². The molecule has 0 saturated heterocycles. The van der Waals surface area contributed by atoms with Crippen LogP contribution in [0.4, 0.5) is 8.78 Å². The summed E-state index contributed by atoms with van der Waals surface area (Å²) < 4.78 is 44.9. The molecule has 172 valence electrons. The predicted molar refractivity (Wildman–Crippen MR) is 113 cm³/mol. The summed E-state index contributed by atoms with van der Waals surface area (Å²) in [5, 5.41) is 0. The number of halogens is 2. The number of amides is 2. The monoisotopic (exact) mass is 450 g/mol. The van der Waals surface area contributed by atoms with Crippen molar-refractivity contribution in [3.8, 4) is 23.0 Å². The largest absolute Gasteiger partial charge is 0.493 e. The second-order valence-corrected chi connectivity index (χ2v) is 6.28. The first-order chi connectivity index (χ1) is 15.4. The standard InChI is InChI=1S/C22H24F2N2O6/c1-4-11-31-16-9-7-15(13-19(16)30-3)21(28)26-25-20(27)10-6-14-5-8-17(32-22(23)24)18(12-14)29-2/h5-10,12-13,22H,4,11H2,1-3H3,(H,25,27)(H,26,28). The molecule has 0 saturated carbocycles. The summed E-state index contributed by atoms with van der Waals surface area (Å²) in [5.74, 6) is -0.300. The van der Waals surface area contributed by atoms with E-state index >= 15 is 0 Å². The van der Waals surface area contributed by atoms with Crippen LogP contribution >= 0.6 is 0 Å². The first kappa shape index (κ1) is 24.4. The van der Waals surface area contributed by atoms with Crippen molar-refractivity contribution in [3.05, 3.63) is 53.6 Å². The third-order valence-corrected chi connectivity index (χ3v) is 4.02. The lowest BCUT2D eigenvalue weighted by atomic mass is 10.2. The van der Waals surface area contributed by atoms with E-state index in [0.717, 1.165) is 12.5 Å². The first-order valence-electron chi connectivity index (χ1n) is 9.60. The average Bonchev–Trinajstić information content (AvgIpc) is 2.79. The number of hydrogen-bond donors (Lipinski definition) is 2. The zero-order chi connectivity index (χ0) is 23.5. The van der Waals surface area contributed by atoms with Gasteiger partial charge in [0.2, 0.25) is 0 Å². The summed E-state index contributed by atoms with van der Waals surface area (Å²) in [6, 6.07) is 8.84. The molecule has 0 bridgehead atoms. The maximum absolute atomic E-state index is 12.4. The van der Waals surface area contributed by atoms with Crippen LogP contribution in [0, 0.1) is 0 Å². The normalized spacial score (nSPS) is 10.7. The Morgan fingerprint density at radius 1 is 0.969 bits per heavy atom. The molecule has 0 aliphatic rings. The van der Waals surface area contributed by atoms with Gasteiger partial charge < -0.3 is 18.9 Å². The van der Waals surface area contributed by atoms with Gasteiger partial charge in [-0.05, 0) is 48.4 Å². The molecule has 10 heteroatoms. The number of carbonyl (C=O) groups is 2. The quantitative estimate of drug-likeness (QED) is 0.425. The number of alkyl halides is 2. The molecule has 2 N–H and O–H groups in total. The molecule has 0 atom stereocenters. The molecule has 0 fully saturated rings. The van der Waals surface area contributed by atoms with Crippen LogP contribution in [-0.2, 0) is 4.79 Å². The van der Waals surface area contributed by atoms with Gasteiger partial charge in [-0.25, -0.2) is 0 Å². The van der Waals surface area contributed by atoms with Gasteiger partial charge in [0.15, 0.2) is 23.0 Å². The molecule has 32 heavy (non-hydrogen) atoms. The van der Waals surface area contributed by atoms with E-state index in [1.165, 1.54) is 44.6 Å². The molecule has 2 rings (SSSR count). The number of hydrazine groups is 1. The predicted octanol–water partition coefficient (Wildman–Crippen LogP) is 3.57. The molecular weight excluding hydrogens is 426 g/mol. The molecule has 0 unspecified atom stereocenters. The second-order valence-electron chi connectivity index (χ2n) is 6.28. The van der Waals surface area contributed by atoms with Gasteiger partial charge >= 0.3 is 6.61 Å². The zero-order valence-corrected chi connectivity index (χ0v) is 17.8. The zero-order valence-electron chi connectivity index (χ0n) is 17.8. The Kier molecular flexibility index (Phi) is 9.27. The second kappa shape index (κ2) is 12.1. The topological polar surface area (TPSA) is 95.1 Å². The van der Waals surface area contributed by atoms with Crippen molar-refractivity contribution in [2.75, 3.05) is 20.8 Å². The van der Waals surface area contributed by atoms with Gasteiger partial charge in [0.25, 0.3) is 11.8 Å². The van der Waals surface area contributed by atoms with Crippen LogP contribution in [0.5, 0.6) is 23.0 Å². The van der Waals surface area contributed by atoms with Crippen LogP contribution in [0.25, 0.3) is 6.08 Å². The number of benzene rings is 2. The van der Waals surface area contributed by atoms with Crippen LogP contribution in [0.3, 0.4) is 0 Å². The average molecular weight is 450 g/mol. The highest BCUT2D eigenvalue weighted by Crippen LogP contribution is 2.30. The van der Waals surface area contributed by atoms with Gasteiger partial charge in [-0.2, -0.15) is 8.78 Å². The molecule has 2 amide bonds. The van der Waals surface area contributed by atoms with Gasteiger partial charge in [-0.1, -0.05) is 13.0 Å². The number of carbonyl (C=O) groups excluding carboxylic acids is 2. The first-order valence-corrected chi connectivity index (χ1v) is 9.60. The summed E-state index contributed by atoms with van der Waals surface area (Å²) in [5.41, 5.74) is 5.30. The van der Waals surface area contributed by atoms with Crippen LogP contribution < -0.4 is 29.8 Å². The maximum Gasteiger partial charge on any atom is 0.387 e. The van der Waals surface area contributed by atoms with Crippen LogP contribution in [0.2, 0.25) is 0 Å². The molecule has 0 aliphatic heterocycles. The molecule has 2 aromatic rings. The lowest BCUT2D eigenvalue weighted by molar-refractivity contribution is -0.117. The van der Waals surface area contributed by atoms with Crippen LogP contribution in [-0.4, -0.2) is 39.3 Å². The number of methoxy groups -OCH3 is 2. The molecule has 0 aliphatic carbocycles. The Morgan fingerprint density at radius 2 is 1.66 bits per heavy atom. The Hall–Kier alpha value is -3.82. The highest BCUT2D eigenvalue weighted by atomic mass is 19.3. The van der Waals surface area contributed by atoms with Crippen molar-refractivity contribution in [1.82, 2.24) is 10.9 Å². The van der Waals surface area contributed by atoms with Crippen molar-refractivity contribution in [3.63, 3.8) is 0 Å². The molecular formula is C22H24F2N2O6. The van der Waals surface area contributed by atoms with Gasteiger partial charge in [0.1, 0.15) is 0 Å². The smallest absolute Gasteiger partial charge is 0.387 e. The van der Waals surface area contributed by atoms with Crippen LogP contribution in [0.15, 0.2) is 42.5 Å². The van der Waals surface area contributed by atoms with E-state index in [4.69, 9.17) is 14.2 Å². The highest BCUT2D eigenvalue weighted by molar-refractivity contribution is 5.98. The fraction of sp³-hybridized carbons (Fsp3) is 0.273. The summed E-state index contributed by atoms with van der Waals surface area (Å²) in [4.78, 5) is 24.3. The van der Waals surface area contributed by atoms with Crippen LogP contribution in [0.1, 0.15) is 29.3 Å². The van der Waals surface area contributed by atoms with Crippen molar-refractivity contribution in [2.45, 2.75) is 20.0 Å². The minimum atomic E-state index is -2.99. The molecule has 0 radical (unpaired) electrons. The number of rotatable bonds is 10. The number of ether oxygens (including phenoxy) is 4. The Labute approximate surface area is 184 Å². The van der Waals surface area contributed by atoms with E-state index < -0.39 is 18.4 Å². The van der Waals surface area contributed by atoms with E-state index in [0.29, 0.717) is 23.7 Å². The van der Waals surface area contributed by atoms with Crippen molar-refractivity contribution in [2.24, 2.45) is 0 Å². The highest BCUT2D eigenvalue weighted by Gasteiger charge is 2.12. The Morgan fingerprint density at radius 3 is 2.31 bits per heavy atom. The number of nitrogens with one attached hydrogen (secondary N) is 2. The van der Waals surface area contributed by atoms with Gasteiger partial charge in [0.05, 0.1) is 20.8 Å². The third-order valence-electron chi connectivity index (χ3n) is 4.02. The fourth-order valence-corrected chi connectivity index (χ4v) is 2.53. The number of hydrogen-bond acceptors (Lipinski definition) is 6. The van der Waals surface area contributed by atoms with E-state index in [-0.39, 0.29) is 17.1 Å². The Bertz CT molecular complexity index is 965. The van der Waals surface area contributed by atoms with Gasteiger partial charge in [-0.15, -0.1) is 0 Å². The summed E-state index contributed by atoms with van der Waals surface area (Å²) >= 11 is 0. The molecule has 2 aromatic carbocycles. The van der Waals surface area contributed by atoms with Gasteiger partial charge in [0, 0.05) is 11.6 Å². The van der Waals surface area contributed by atoms with Crippen molar-refractivity contribution >= 4 is 17.9 Å². The SMILES string of the molecule is CCCOc1ccc(C(=O)NNC(=O)C=Cc2ccc(OC(F)F)c(OC)c2)cc1OC. The fourth-order valence-electron chi connectivity index (χ4n) is 2.53. The summed E-state index contributed by atoms with van der Waals surface area (Å²) in [6.07, 6.45) is 3.40. The molecule has 0 aromatic heterocycles. The van der Waals surface area contributed by atoms with Crippen molar-refractivity contribution in [1.29, 1.82) is 0 Å². The Balaban J connectivity index is 1.96. The van der Waals surface area contributed by atoms with E-state index in [9.17, 15) is 18.4 Å². The lowest BCUT2D eigenvalue weighted by Crippen LogP contribution is -2.40.